The number of rotatable bonds is 6. The van der Waals surface area contributed by atoms with Gasteiger partial charge in [0.15, 0.2) is 0 Å². The van der Waals surface area contributed by atoms with E-state index in [9.17, 15) is 14.5 Å². The van der Waals surface area contributed by atoms with E-state index >= 15 is 0 Å². The Hall–Kier alpha value is -0.460. The van der Waals surface area contributed by atoms with Crippen LogP contribution < -0.4 is 0 Å². The summed E-state index contributed by atoms with van der Waals surface area (Å²) in [7, 11) is -1.53. The number of carboxylic acids is 1. The standard InChI is InChI=1S/C8H18NO6P/c1-4-9(2,3)6-5-8(12,7(10)11)16(13,14)15/h12H,4-6H2,1-3H3,(H2-,10,11,13,14,15)/p+1. The number of hydrogen-bond acceptors (Lipinski definition) is 3. The second kappa shape index (κ2) is 4.81. The quantitative estimate of drug-likeness (QED) is 0.373. The molecule has 96 valence electrons. The van der Waals surface area contributed by atoms with Gasteiger partial charge in [-0.25, -0.2) is 4.79 Å². The number of nitrogens with zero attached hydrogens (tertiary/aromatic N) is 1. The van der Waals surface area contributed by atoms with Gasteiger partial charge in [0.2, 0.25) is 0 Å². The van der Waals surface area contributed by atoms with Crippen molar-refractivity contribution in [3.05, 3.63) is 0 Å². The summed E-state index contributed by atoms with van der Waals surface area (Å²) in [5.74, 6) is -1.89. The van der Waals surface area contributed by atoms with E-state index in [1.807, 2.05) is 6.92 Å². The van der Waals surface area contributed by atoms with Gasteiger partial charge in [0, 0.05) is 6.42 Å². The van der Waals surface area contributed by atoms with E-state index in [-0.39, 0.29) is 6.54 Å². The van der Waals surface area contributed by atoms with Gasteiger partial charge in [-0.2, -0.15) is 0 Å². The van der Waals surface area contributed by atoms with Crippen LogP contribution >= 0.6 is 7.60 Å². The molecule has 0 amide bonds. The molecule has 0 aliphatic rings. The molecule has 8 heteroatoms. The van der Waals surface area contributed by atoms with Crippen molar-refractivity contribution in [1.29, 1.82) is 0 Å². The molecular formula is C8H19NO6P+. The first-order chi connectivity index (χ1) is 6.96. The van der Waals surface area contributed by atoms with Crippen molar-refractivity contribution >= 4 is 13.6 Å². The molecule has 16 heavy (non-hydrogen) atoms. The third-order valence-corrected chi connectivity index (χ3v) is 4.12. The maximum Gasteiger partial charge on any atom is 0.368 e. The van der Waals surface area contributed by atoms with Gasteiger partial charge in [0.25, 0.3) is 5.34 Å². The molecule has 0 heterocycles. The zero-order valence-corrected chi connectivity index (χ0v) is 10.5. The molecule has 0 aliphatic carbocycles. The monoisotopic (exact) mass is 256 g/mol. The number of hydrogen-bond donors (Lipinski definition) is 4. The van der Waals surface area contributed by atoms with Crippen LogP contribution in [0.5, 0.6) is 0 Å². The molecule has 1 atom stereocenters. The van der Waals surface area contributed by atoms with E-state index in [1.54, 1.807) is 14.1 Å². The molecule has 0 aromatic carbocycles. The van der Waals surface area contributed by atoms with Crippen molar-refractivity contribution in [2.45, 2.75) is 18.7 Å². The molecule has 7 nitrogen and oxygen atoms in total. The van der Waals surface area contributed by atoms with Crippen LogP contribution in [0, 0.1) is 0 Å². The highest BCUT2D eigenvalue weighted by molar-refractivity contribution is 7.54. The fraction of sp³-hybridized carbons (Fsp3) is 0.875. The van der Waals surface area contributed by atoms with E-state index in [4.69, 9.17) is 14.9 Å². The summed E-state index contributed by atoms with van der Waals surface area (Å²) >= 11 is 0. The van der Waals surface area contributed by atoms with Crippen molar-refractivity contribution in [3.63, 3.8) is 0 Å². The van der Waals surface area contributed by atoms with Crippen LogP contribution in [0.25, 0.3) is 0 Å². The van der Waals surface area contributed by atoms with Crippen LogP contribution in [0.3, 0.4) is 0 Å². The lowest BCUT2D eigenvalue weighted by molar-refractivity contribution is -0.889. The largest absolute Gasteiger partial charge is 0.479 e. The number of carbonyl (C=O) groups is 1. The van der Waals surface area contributed by atoms with E-state index in [0.717, 1.165) is 0 Å². The molecule has 0 aliphatic heterocycles. The van der Waals surface area contributed by atoms with Gasteiger partial charge in [-0.1, -0.05) is 0 Å². The van der Waals surface area contributed by atoms with Crippen molar-refractivity contribution in [2.75, 3.05) is 27.2 Å². The molecule has 0 rings (SSSR count). The topological polar surface area (TPSA) is 115 Å². The smallest absolute Gasteiger partial charge is 0.368 e. The molecule has 0 spiro atoms. The summed E-state index contributed by atoms with van der Waals surface area (Å²) in [5, 5.41) is 15.2. The van der Waals surface area contributed by atoms with E-state index < -0.39 is 25.3 Å². The molecule has 0 saturated carbocycles. The second-order valence-corrected chi connectivity index (χ2v) is 6.22. The number of carboxylic acid groups (broad SMARTS) is 1. The highest BCUT2D eigenvalue weighted by Crippen LogP contribution is 2.51. The van der Waals surface area contributed by atoms with E-state index in [1.165, 1.54) is 0 Å². The van der Waals surface area contributed by atoms with Gasteiger partial charge < -0.3 is 24.5 Å². The van der Waals surface area contributed by atoms with E-state index in [0.29, 0.717) is 11.0 Å². The zero-order valence-electron chi connectivity index (χ0n) is 9.62. The Balaban J connectivity index is 4.87. The molecule has 0 fully saturated rings. The molecule has 1 unspecified atom stereocenters. The van der Waals surface area contributed by atoms with Crippen LogP contribution in [-0.4, -0.2) is 63.0 Å². The highest BCUT2D eigenvalue weighted by atomic mass is 31.2. The fourth-order valence-corrected chi connectivity index (χ4v) is 1.63. The fourth-order valence-electron chi connectivity index (χ4n) is 0.994. The van der Waals surface area contributed by atoms with Crippen LogP contribution in [0.1, 0.15) is 13.3 Å². The molecule has 0 bridgehead atoms. The number of quaternary nitrogens is 1. The van der Waals surface area contributed by atoms with Crippen molar-refractivity contribution in [3.8, 4) is 0 Å². The minimum absolute atomic E-state index is 0.157. The summed E-state index contributed by atoms with van der Waals surface area (Å²) in [6.45, 7) is 2.68. The third-order valence-electron chi connectivity index (χ3n) is 2.75. The van der Waals surface area contributed by atoms with Crippen molar-refractivity contribution in [2.24, 2.45) is 0 Å². The zero-order chi connectivity index (χ0) is 13.2. The lowest BCUT2D eigenvalue weighted by Crippen LogP contribution is -2.47. The average molecular weight is 256 g/mol. The minimum Gasteiger partial charge on any atom is -0.479 e. The van der Waals surface area contributed by atoms with Crippen molar-refractivity contribution in [1.82, 2.24) is 0 Å². The first-order valence-electron chi connectivity index (χ1n) is 4.80. The maximum atomic E-state index is 11.0. The molecule has 0 radical (unpaired) electrons. The third kappa shape index (κ3) is 3.54. The summed E-state index contributed by atoms with van der Waals surface area (Å²) < 4.78 is 11.3. The SMILES string of the molecule is CC[N+](C)(C)CCC(O)(C(=O)O)P(=O)(O)O. The predicted molar refractivity (Wildman–Crippen MR) is 56.8 cm³/mol. The Morgan fingerprint density at radius 1 is 1.38 bits per heavy atom. The first-order valence-corrected chi connectivity index (χ1v) is 6.41. The van der Waals surface area contributed by atoms with Crippen LogP contribution in [0.4, 0.5) is 0 Å². The normalized spacial score (nSPS) is 16.9. The van der Waals surface area contributed by atoms with Gasteiger partial charge in [-0.3, -0.25) is 4.57 Å². The molecule has 0 aromatic heterocycles. The minimum atomic E-state index is -5.09. The Bertz CT molecular complexity index is 312. The Morgan fingerprint density at radius 2 is 1.81 bits per heavy atom. The Kier molecular flexibility index (Phi) is 4.67. The predicted octanol–water partition coefficient (Wildman–Crippen LogP) is -0.576. The van der Waals surface area contributed by atoms with Crippen LogP contribution in [-0.2, 0) is 9.36 Å². The van der Waals surface area contributed by atoms with Crippen LogP contribution in [0.2, 0.25) is 0 Å². The number of aliphatic hydroxyl groups is 1. The average Bonchev–Trinajstić information content (AvgIpc) is 2.12. The lowest BCUT2D eigenvalue weighted by Gasteiger charge is -2.32. The molecular weight excluding hydrogens is 237 g/mol. The first kappa shape index (κ1) is 15.5. The highest BCUT2D eigenvalue weighted by Gasteiger charge is 2.53. The van der Waals surface area contributed by atoms with Gasteiger partial charge in [0.05, 0.1) is 27.2 Å². The molecule has 0 aromatic rings. The summed E-state index contributed by atoms with van der Waals surface area (Å²) in [5.41, 5.74) is 0. The number of aliphatic carboxylic acids is 1. The summed E-state index contributed by atoms with van der Waals surface area (Å²) in [6.07, 6.45) is -0.493. The van der Waals surface area contributed by atoms with Crippen LogP contribution in [0.15, 0.2) is 0 Å². The summed E-state index contributed by atoms with van der Waals surface area (Å²) in [6, 6.07) is 0. The van der Waals surface area contributed by atoms with Gasteiger partial charge >= 0.3 is 13.6 Å². The molecule has 4 N–H and O–H groups in total. The molecule has 0 saturated heterocycles. The van der Waals surface area contributed by atoms with Crippen molar-refractivity contribution < 1.29 is 33.8 Å². The van der Waals surface area contributed by atoms with E-state index in [2.05, 4.69) is 0 Å². The van der Waals surface area contributed by atoms with Gasteiger partial charge in [-0.15, -0.1) is 0 Å². The van der Waals surface area contributed by atoms with Gasteiger partial charge in [-0.05, 0) is 6.92 Å². The lowest BCUT2D eigenvalue weighted by atomic mass is 10.2. The Labute approximate surface area is 94.1 Å². The maximum absolute atomic E-state index is 11.0. The summed E-state index contributed by atoms with van der Waals surface area (Å²) in [4.78, 5) is 28.4. The second-order valence-electron chi connectivity index (χ2n) is 4.39. The van der Waals surface area contributed by atoms with Gasteiger partial charge in [0.1, 0.15) is 0 Å². The Morgan fingerprint density at radius 3 is 2.06 bits per heavy atom.